The smallest absolute Gasteiger partial charge is 0.256 e. The Bertz CT molecular complexity index is 1060. The minimum absolute atomic E-state index is 0.0231. The van der Waals surface area contributed by atoms with Gasteiger partial charge >= 0.3 is 0 Å². The van der Waals surface area contributed by atoms with Crippen LogP contribution >= 0.6 is 0 Å². The summed E-state index contributed by atoms with van der Waals surface area (Å²) in [6.45, 7) is 4.61. The third-order valence-corrected chi connectivity index (χ3v) is 7.59. The molecular formula is C27H31FN2O3. The summed E-state index contributed by atoms with van der Waals surface area (Å²) in [7, 11) is 0. The predicted octanol–water partition coefficient (Wildman–Crippen LogP) is 5.32. The summed E-state index contributed by atoms with van der Waals surface area (Å²) in [6, 6.07) is 11.9. The van der Waals surface area contributed by atoms with Crippen molar-refractivity contribution >= 4 is 23.2 Å². The molecule has 1 saturated carbocycles. The molecule has 0 aromatic heterocycles. The highest BCUT2D eigenvalue weighted by Gasteiger charge is 2.46. The van der Waals surface area contributed by atoms with Crippen molar-refractivity contribution in [2.24, 2.45) is 5.41 Å². The monoisotopic (exact) mass is 450 g/mol. The molecule has 2 atom stereocenters. The molecule has 0 N–H and O–H groups in total. The molecule has 1 aliphatic carbocycles. The third kappa shape index (κ3) is 4.05. The highest BCUT2D eigenvalue weighted by atomic mass is 19.1. The molecule has 0 radical (unpaired) electrons. The lowest BCUT2D eigenvalue weighted by Gasteiger charge is -2.41. The average molecular weight is 451 g/mol. The maximum absolute atomic E-state index is 13.8. The molecule has 0 bridgehead atoms. The van der Waals surface area contributed by atoms with Crippen LogP contribution in [0, 0.1) is 11.2 Å². The van der Waals surface area contributed by atoms with Crippen LogP contribution in [-0.2, 0) is 14.3 Å². The fraction of sp³-hybridized carbons (Fsp3) is 0.481. The van der Waals surface area contributed by atoms with E-state index < -0.39 is 6.10 Å². The fourth-order valence-electron chi connectivity index (χ4n) is 5.91. The summed E-state index contributed by atoms with van der Waals surface area (Å²) in [5, 5.41) is 0. The standard InChI is InChI=1S/C27H31FN2O3/c1-18-16-29(26(32)25-15-27(17-33-25)12-4-3-5-13-27)24-14-21(20-6-9-22(28)10-7-20)8-11-23(24)30(18)19(2)31/h6-11,14,18,25H,3-5,12-13,15-17H2,1-2H3. The molecule has 2 aromatic carbocycles. The molecule has 6 heteroatoms. The largest absolute Gasteiger partial charge is 0.368 e. The van der Waals surface area contributed by atoms with Gasteiger partial charge in [0.25, 0.3) is 5.91 Å². The van der Waals surface area contributed by atoms with Gasteiger partial charge in [0.1, 0.15) is 11.9 Å². The van der Waals surface area contributed by atoms with E-state index in [0.717, 1.165) is 36.1 Å². The van der Waals surface area contributed by atoms with Gasteiger partial charge in [-0.3, -0.25) is 9.59 Å². The summed E-state index contributed by atoms with van der Waals surface area (Å²) in [4.78, 5) is 29.8. The first-order chi connectivity index (χ1) is 15.9. The number of benzene rings is 2. The van der Waals surface area contributed by atoms with E-state index >= 15 is 0 Å². The average Bonchev–Trinajstić information content (AvgIpc) is 3.21. The van der Waals surface area contributed by atoms with Crippen molar-refractivity contribution in [3.8, 4) is 11.1 Å². The van der Waals surface area contributed by atoms with Crippen molar-refractivity contribution in [2.75, 3.05) is 23.0 Å². The Hall–Kier alpha value is -2.73. The Morgan fingerprint density at radius 3 is 2.39 bits per heavy atom. The van der Waals surface area contributed by atoms with Crippen LogP contribution in [0.5, 0.6) is 0 Å². The number of hydrogen-bond acceptors (Lipinski definition) is 3. The maximum Gasteiger partial charge on any atom is 0.256 e. The van der Waals surface area contributed by atoms with E-state index in [-0.39, 0.29) is 29.1 Å². The Balaban J connectivity index is 1.50. The van der Waals surface area contributed by atoms with Crippen LogP contribution in [0.15, 0.2) is 42.5 Å². The molecule has 5 nitrogen and oxygen atoms in total. The van der Waals surface area contributed by atoms with Gasteiger partial charge in [-0.2, -0.15) is 0 Å². The Labute approximate surface area is 194 Å². The van der Waals surface area contributed by atoms with Crippen LogP contribution in [0.3, 0.4) is 0 Å². The second kappa shape index (κ2) is 8.56. The predicted molar refractivity (Wildman–Crippen MR) is 127 cm³/mol. The van der Waals surface area contributed by atoms with E-state index in [4.69, 9.17) is 4.74 Å². The van der Waals surface area contributed by atoms with Crippen LogP contribution < -0.4 is 9.80 Å². The summed E-state index contributed by atoms with van der Waals surface area (Å²) >= 11 is 0. The number of carbonyl (C=O) groups is 2. The molecule has 2 fully saturated rings. The molecule has 2 amide bonds. The minimum atomic E-state index is -0.443. The lowest BCUT2D eigenvalue weighted by atomic mass is 9.72. The molecule has 2 aliphatic heterocycles. The van der Waals surface area contributed by atoms with E-state index in [2.05, 4.69) is 0 Å². The van der Waals surface area contributed by atoms with Gasteiger partial charge in [-0.1, -0.05) is 37.5 Å². The van der Waals surface area contributed by atoms with Crippen molar-refractivity contribution in [3.05, 3.63) is 48.3 Å². The van der Waals surface area contributed by atoms with Gasteiger partial charge in [-0.15, -0.1) is 0 Å². The number of carbonyl (C=O) groups excluding carboxylic acids is 2. The summed E-state index contributed by atoms with van der Waals surface area (Å²) in [5.74, 6) is -0.367. The zero-order chi connectivity index (χ0) is 23.2. The van der Waals surface area contributed by atoms with Gasteiger partial charge in [0.2, 0.25) is 5.91 Å². The van der Waals surface area contributed by atoms with Crippen LogP contribution in [0.2, 0.25) is 0 Å². The molecule has 174 valence electrons. The zero-order valence-electron chi connectivity index (χ0n) is 19.4. The summed E-state index contributed by atoms with van der Waals surface area (Å²) < 4.78 is 19.5. The van der Waals surface area contributed by atoms with Crippen LogP contribution in [0.25, 0.3) is 11.1 Å². The molecule has 2 aromatic rings. The molecular weight excluding hydrogens is 419 g/mol. The maximum atomic E-state index is 13.8. The lowest BCUT2D eigenvalue weighted by Crippen LogP contribution is -2.53. The van der Waals surface area contributed by atoms with E-state index in [9.17, 15) is 14.0 Å². The van der Waals surface area contributed by atoms with E-state index in [1.807, 2.05) is 25.1 Å². The molecule has 1 saturated heterocycles. The molecule has 5 rings (SSSR count). The summed E-state index contributed by atoms with van der Waals surface area (Å²) in [6.07, 6.45) is 6.30. The first-order valence-corrected chi connectivity index (χ1v) is 12.0. The highest BCUT2D eigenvalue weighted by molar-refractivity contribution is 6.06. The third-order valence-electron chi connectivity index (χ3n) is 7.59. The van der Waals surface area contributed by atoms with Gasteiger partial charge in [0.05, 0.1) is 24.0 Å². The van der Waals surface area contributed by atoms with Gasteiger partial charge in [0.15, 0.2) is 0 Å². The molecule has 1 spiro atoms. The normalized spacial score (nSPS) is 24.1. The number of anilines is 2. The second-order valence-electron chi connectivity index (χ2n) is 9.96. The number of halogens is 1. The van der Waals surface area contributed by atoms with Gasteiger partial charge < -0.3 is 14.5 Å². The molecule has 3 aliphatic rings. The van der Waals surface area contributed by atoms with E-state index in [1.54, 1.807) is 28.9 Å². The zero-order valence-corrected chi connectivity index (χ0v) is 19.4. The number of hydrogen-bond donors (Lipinski definition) is 0. The van der Waals surface area contributed by atoms with E-state index in [0.29, 0.717) is 18.8 Å². The number of nitrogens with zero attached hydrogens (tertiary/aromatic N) is 2. The fourth-order valence-corrected chi connectivity index (χ4v) is 5.91. The van der Waals surface area contributed by atoms with Crippen molar-refractivity contribution in [2.45, 2.75) is 64.5 Å². The SMILES string of the molecule is CC(=O)N1c2ccc(-c3ccc(F)cc3)cc2N(C(=O)C2CC3(CCCCC3)CO2)CC1C. The molecule has 33 heavy (non-hydrogen) atoms. The second-order valence-corrected chi connectivity index (χ2v) is 9.96. The minimum Gasteiger partial charge on any atom is -0.368 e. The first kappa shape index (κ1) is 22.1. The molecule has 2 heterocycles. The van der Waals surface area contributed by atoms with Crippen molar-refractivity contribution in [3.63, 3.8) is 0 Å². The Kier molecular flexibility index (Phi) is 5.73. The van der Waals surface area contributed by atoms with Crippen LogP contribution in [0.1, 0.15) is 52.4 Å². The lowest BCUT2D eigenvalue weighted by molar-refractivity contribution is -0.127. The van der Waals surface area contributed by atoms with Crippen molar-refractivity contribution in [1.29, 1.82) is 0 Å². The quantitative estimate of drug-likeness (QED) is 0.622. The van der Waals surface area contributed by atoms with Crippen LogP contribution in [0.4, 0.5) is 15.8 Å². The van der Waals surface area contributed by atoms with E-state index in [1.165, 1.54) is 31.4 Å². The Morgan fingerprint density at radius 2 is 1.70 bits per heavy atom. The highest BCUT2D eigenvalue weighted by Crippen LogP contribution is 2.46. The Morgan fingerprint density at radius 1 is 1.00 bits per heavy atom. The van der Waals surface area contributed by atoms with Crippen molar-refractivity contribution < 1.29 is 18.7 Å². The van der Waals surface area contributed by atoms with Crippen molar-refractivity contribution in [1.82, 2.24) is 0 Å². The summed E-state index contributed by atoms with van der Waals surface area (Å²) in [5.41, 5.74) is 3.32. The number of rotatable bonds is 2. The number of ether oxygens (including phenoxy) is 1. The first-order valence-electron chi connectivity index (χ1n) is 12.0. The van der Waals surface area contributed by atoms with Gasteiger partial charge in [-0.25, -0.2) is 4.39 Å². The number of amides is 2. The topological polar surface area (TPSA) is 49.9 Å². The number of fused-ring (bicyclic) bond motifs is 1. The van der Waals surface area contributed by atoms with Gasteiger partial charge in [-0.05, 0) is 67.0 Å². The van der Waals surface area contributed by atoms with Crippen LogP contribution in [-0.4, -0.2) is 37.1 Å². The molecule has 2 unspecified atom stereocenters. The van der Waals surface area contributed by atoms with Gasteiger partial charge in [0, 0.05) is 13.5 Å².